The second-order valence-corrected chi connectivity index (χ2v) is 5.90. The van der Waals surface area contributed by atoms with Gasteiger partial charge in [-0.05, 0) is 6.42 Å². The molecular weight excluding hydrogens is 274 g/mol. The quantitative estimate of drug-likeness (QED) is 0.785. The van der Waals surface area contributed by atoms with Crippen molar-refractivity contribution in [3.8, 4) is 5.88 Å². The van der Waals surface area contributed by atoms with Gasteiger partial charge in [0.2, 0.25) is 5.88 Å². The molecule has 1 fully saturated rings. The molecule has 20 heavy (non-hydrogen) atoms. The van der Waals surface area contributed by atoms with E-state index < -0.39 is 0 Å². The van der Waals surface area contributed by atoms with Crippen molar-refractivity contribution >= 4 is 23.3 Å². The van der Waals surface area contributed by atoms with Crippen LogP contribution in [0.5, 0.6) is 5.88 Å². The Bertz CT molecular complexity index is 412. The maximum Gasteiger partial charge on any atom is 0.242 e. The lowest BCUT2D eigenvalue weighted by Crippen LogP contribution is -2.36. The van der Waals surface area contributed by atoms with Crippen LogP contribution in [0.15, 0.2) is 6.33 Å². The van der Waals surface area contributed by atoms with E-state index in [1.54, 1.807) is 0 Å². The third-order valence-electron chi connectivity index (χ3n) is 3.11. The van der Waals surface area contributed by atoms with Crippen molar-refractivity contribution in [2.24, 2.45) is 0 Å². The number of hydrogen-bond acceptors (Lipinski definition) is 7. The van der Waals surface area contributed by atoms with E-state index in [4.69, 9.17) is 10.5 Å². The molecule has 2 heterocycles. The maximum absolute atomic E-state index is 6.01. The highest BCUT2D eigenvalue weighted by atomic mass is 32.2. The second-order valence-electron chi connectivity index (χ2n) is 4.67. The van der Waals surface area contributed by atoms with Crippen molar-refractivity contribution in [1.82, 2.24) is 14.9 Å². The predicted molar refractivity (Wildman–Crippen MR) is 84.5 cm³/mol. The summed E-state index contributed by atoms with van der Waals surface area (Å²) in [5.74, 6) is 3.59. The molecule has 0 radical (unpaired) electrons. The van der Waals surface area contributed by atoms with Gasteiger partial charge in [0.1, 0.15) is 12.0 Å². The third kappa shape index (κ3) is 4.42. The molecule has 1 aromatic rings. The van der Waals surface area contributed by atoms with E-state index in [2.05, 4.69) is 20.2 Å². The Morgan fingerprint density at radius 1 is 1.40 bits per heavy atom. The normalized spacial score (nSPS) is 16.1. The van der Waals surface area contributed by atoms with Gasteiger partial charge in [-0.15, -0.1) is 0 Å². The van der Waals surface area contributed by atoms with Crippen molar-refractivity contribution < 1.29 is 4.74 Å². The van der Waals surface area contributed by atoms with Crippen LogP contribution in [0.4, 0.5) is 11.5 Å². The van der Waals surface area contributed by atoms with Crippen LogP contribution >= 0.6 is 11.8 Å². The van der Waals surface area contributed by atoms with Crippen LogP contribution in [0.2, 0.25) is 0 Å². The van der Waals surface area contributed by atoms with Gasteiger partial charge in [-0.3, -0.25) is 4.90 Å². The van der Waals surface area contributed by atoms with Gasteiger partial charge in [-0.2, -0.15) is 16.7 Å². The van der Waals surface area contributed by atoms with E-state index in [0.717, 1.165) is 32.6 Å². The summed E-state index contributed by atoms with van der Waals surface area (Å²) >= 11 is 2.02. The molecule has 0 unspecified atom stereocenters. The van der Waals surface area contributed by atoms with E-state index in [1.165, 1.54) is 17.8 Å². The molecule has 0 atom stereocenters. The number of anilines is 2. The lowest BCUT2D eigenvalue weighted by molar-refractivity contribution is 0.306. The van der Waals surface area contributed by atoms with Crippen LogP contribution in [-0.2, 0) is 0 Å². The summed E-state index contributed by atoms with van der Waals surface area (Å²) < 4.78 is 5.49. The highest BCUT2D eigenvalue weighted by molar-refractivity contribution is 7.99. The fourth-order valence-electron chi connectivity index (χ4n) is 1.99. The zero-order chi connectivity index (χ0) is 14.2. The minimum absolute atomic E-state index is 0.471. The Morgan fingerprint density at radius 3 is 2.95 bits per heavy atom. The minimum Gasteiger partial charge on any atom is -0.476 e. The van der Waals surface area contributed by atoms with Crippen LogP contribution in [0.1, 0.15) is 13.3 Å². The molecule has 112 valence electrons. The topological polar surface area (TPSA) is 76.3 Å². The fourth-order valence-corrected chi connectivity index (χ4v) is 2.97. The summed E-state index contributed by atoms with van der Waals surface area (Å²) in [6, 6.07) is 0. The number of nitrogen functional groups attached to an aromatic ring is 1. The van der Waals surface area contributed by atoms with E-state index in [1.807, 2.05) is 18.7 Å². The van der Waals surface area contributed by atoms with Crippen molar-refractivity contribution in [3.63, 3.8) is 0 Å². The maximum atomic E-state index is 6.01. The zero-order valence-electron chi connectivity index (χ0n) is 12.0. The number of ether oxygens (including phenoxy) is 1. The van der Waals surface area contributed by atoms with Gasteiger partial charge in [0.25, 0.3) is 0 Å². The van der Waals surface area contributed by atoms with E-state index in [0.29, 0.717) is 24.0 Å². The highest BCUT2D eigenvalue weighted by Crippen LogP contribution is 2.24. The average molecular weight is 297 g/mol. The van der Waals surface area contributed by atoms with Gasteiger partial charge in [0.05, 0.1) is 6.61 Å². The molecule has 2 rings (SSSR count). The van der Waals surface area contributed by atoms with E-state index in [-0.39, 0.29) is 0 Å². The number of nitrogens with zero attached hydrogens (tertiary/aromatic N) is 3. The van der Waals surface area contributed by atoms with Gasteiger partial charge in [-0.1, -0.05) is 6.92 Å². The summed E-state index contributed by atoms with van der Waals surface area (Å²) in [5.41, 5.74) is 6.51. The molecule has 3 N–H and O–H groups in total. The molecule has 0 saturated carbocycles. The van der Waals surface area contributed by atoms with Crippen LogP contribution in [0, 0.1) is 0 Å². The van der Waals surface area contributed by atoms with Crippen molar-refractivity contribution in [1.29, 1.82) is 0 Å². The molecule has 1 aliphatic heterocycles. The van der Waals surface area contributed by atoms with Gasteiger partial charge in [-0.25, -0.2) is 4.98 Å². The van der Waals surface area contributed by atoms with Gasteiger partial charge < -0.3 is 15.8 Å². The summed E-state index contributed by atoms with van der Waals surface area (Å²) in [5, 5.41) is 3.27. The SMILES string of the molecule is CCCOc1ncnc(NCCN2CCSCC2)c1N. The molecular formula is C13H23N5OS. The molecule has 0 bridgehead atoms. The third-order valence-corrected chi connectivity index (χ3v) is 4.06. The Balaban J connectivity index is 1.82. The van der Waals surface area contributed by atoms with Crippen molar-refractivity contribution in [2.75, 3.05) is 55.3 Å². The number of rotatable bonds is 7. The highest BCUT2D eigenvalue weighted by Gasteiger charge is 2.11. The molecule has 0 spiro atoms. The predicted octanol–water partition coefficient (Wildman–Crippen LogP) is 1.31. The Morgan fingerprint density at radius 2 is 2.20 bits per heavy atom. The van der Waals surface area contributed by atoms with Crippen molar-refractivity contribution in [2.45, 2.75) is 13.3 Å². The van der Waals surface area contributed by atoms with E-state index in [9.17, 15) is 0 Å². The fraction of sp³-hybridized carbons (Fsp3) is 0.692. The molecule has 0 aliphatic carbocycles. The lowest BCUT2D eigenvalue weighted by atomic mass is 10.4. The number of aromatic nitrogens is 2. The van der Waals surface area contributed by atoms with E-state index >= 15 is 0 Å². The second kappa shape index (κ2) is 8.16. The molecule has 1 aromatic heterocycles. The van der Waals surface area contributed by atoms with Crippen molar-refractivity contribution in [3.05, 3.63) is 6.33 Å². The first kappa shape index (κ1) is 15.2. The molecule has 6 nitrogen and oxygen atoms in total. The van der Waals surface area contributed by atoms with Crippen LogP contribution in [0.3, 0.4) is 0 Å². The molecule has 1 saturated heterocycles. The van der Waals surface area contributed by atoms with Gasteiger partial charge in [0, 0.05) is 37.7 Å². The number of nitrogens with two attached hydrogens (primary N) is 1. The Kier molecular flexibility index (Phi) is 6.20. The summed E-state index contributed by atoms with van der Waals surface area (Å²) in [7, 11) is 0. The standard InChI is InChI=1S/C13H23N5OS/c1-2-7-19-13-11(14)12(16-10-17-13)15-3-4-18-5-8-20-9-6-18/h10H,2-9,14H2,1H3,(H,15,16,17). The summed E-state index contributed by atoms with van der Waals surface area (Å²) in [6.45, 7) is 6.83. The van der Waals surface area contributed by atoms with Crippen LogP contribution in [-0.4, -0.2) is 59.2 Å². The molecule has 7 heteroatoms. The Labute approximate surface area is 124 Å². The molecule has 1 aliphatic rings. The molecule has 0 amide bonds. The zero-order valence-corrected chi connectivity index (χ0v) is 12.8. The van der Waals surface area contributed by atoms with Crippen LogP contribution in [0.25, 0.3) is 0 Å². The average Bonchev–Trinajstić information content (AvgIpc) is 2.49. The smallest absolute Gasteiger partial charge is 0.242 e. The first-order valence-electron chi connectivity index (χ1n) is 7.08. The lowest BCUT2D eigenvalue weighted by Gasteiger charge is -2.26. The molecule has 0 aromatic carbocycles. The number of hydrogen-bond donors (Lipinski definition) is 2. The minimum atomic E-state index is 0.471. The Hall–Kier alpha value is -1.21. The monoisotopic (exact) mass is 297 g/mol. The first-order chi connectivity index (χ1) is 9.81. The van der Waals surface area contributed by atoms with Gasteiger partial charge in [0.15, 0.2) is 5.82 Å². The largest absolute Gasteiger partial charge is 0.476 e. The van der Waals surface area contributed by atoms with Crippen LogP contribution < -0.4 is 15.8 Å². The number of thioether (sulfide) groups is 1. The number of nitrogens with one attached hydrogen (secondary N) is 1. The summed E-state index contributed by atoms with van der Waals surface area (Å²) in [6.07, 6.45) is 2.42. The van der Waals surface area contributed by atoms with Gasteiger partial charge >= 0.3 is 0 Å². The summed E-state index contributed by atoms with van der Waals surface area (Å²) in [4.78, 5) is 10.7. The first-order valence-corrected chi connectivity index (χ1v) is 8.24.